The number of anilines is 2. The van der Waals surface area contributed by atoms with Crippen molar-refractivity contribution in [2.75, 3.05) is 36.1 Å². The van der Waals surface area contributed by atoms with E-state index >= 15 is 0 Å². The van der Waals surface area contributed by atoms with Crippen molar-refractivity contribution in [3.8, 4) is 5.75 Å². The van der Waals surface area contributed by atoms with Gasteiger partial charge in [0.2, 0.25) is 15.9 Å². The van der Waals surface area contributed by atoms with E-state index in [0.717, 1.165) is 10.6 Å². The summed E-state index contributed by atoms with van der Waals surface area (Å²) >= 11 is 0. The second-order valence-electron chi connectivity index (χ2n) is 5.79. The van der Waals surface area contributed by atoms with Crippen molar-refractivity contribution in [1.82, 2.24) is 0 Å². The van der Waals surface area contributed by atoms with Crippen molar-refractivity contribution in [3.63, 3.8) is 0 Å². The highest BCUT2D eigenvalue weighted by Crippen LogP contribution is 2.29. The lowest BCUT2D eigenvalue weighted by Crippen LogP contribution is -2.37. The summed E-state index contributed by atoms with van der Waals surface area (Å²) in [6.07, 6.45) is 1.01. The largest absolute Gasteiger partial charge is 0.492 e. The number of esters is 1. The summed E-state index contributed by atoms with van der Waals surface area (Å²) in [5.74, 6) is -0.755. The lowest BCUT2D eigenvalue weighted by molar-refractivity contribution is -0.114. The summed E-state index contributed by atoms with van der Waals surface area (Å²) in [6.45, 7) is 1.68. The van der Waals surface area contributed by atoms with Crippen molar-refractivity contribution in [1.29, 1.82) is 0 Å². The minimum atomic E-state index is -3.75. The lowest BCUT2D eigenvalue weighted by atomic mass is 10.2. The highest BCUT2D eigenvalue weighted by molar-refractivity contribution is 7.92. The van der Waals surface area contributed by atoms with Gasteiger partial charge in [-0.2, -0.15) is 0 Å². The molecule has 2 aromatic rings. The van der Waals surface area contributed by atoms with Crippen LogP contribution in [0.25, 0.3) is 0 Å². The summed E-state index contributed by atoms with van der Waals surface area (Å²) in [5.41, 5.74) is 0.881. The van der Waals surface area contributed by atoms with Crippen LogP contribution >= 0.6 is 0 Å². The zero-order valence-electron chi connectivity index (χ0n) is 15.8. The molecule has 0 saturated heterocycles. The predicted molar refractivity (Wildman–Crippen MR) is 106 cm³/mol. The van der Waals surface area contributed by atoms with Gasteiger partial charge in [-0.1, -0.05) is 18.2 Å². The Morgan fingerprint density at radius 2 is 1.82 bits per heavy atom. The summed E-state index contributed by atoms with van der Waals surface area (Å²) in [7, 11) is -2.50. The molecular formula is C19H22N2O6S. The van der Waals surface area contributed by atoms with Gasteiger partial charge in [0.1, 0.15) is 12.3 Å². The summed E-state index contributed by atoms with van der Waals surface area (Å²) in [4.78, 5) is 24.1. The molecule has 0 aliphatic heterocycles. The smallest absolute Gasteiger partial charge is 0.337 e. The standard InChI is InChI=1S/C19H22N2O6S/c1-4-27-17-11-6-5-10-16(17)21(28(3,24)25)13-18(22)20-15-9-7-8-14(12-15)19(23)26-2/h5-12H,4,13H2,1-3H3,(H,20,22). The fourth-order valence-corrected chi connectivity index (χ4v) is 3.35. The molecule has 0 spiro atoms. The Morgan fingerprint density at radius 3 is 2.46 bits per heavy atom. The lowest BCUT2D eigenvalue weighted by Gasteiger charge is -2.24. The second-order valence-corrected chi connectivity index (χ2v) is 7.70. The van der Waals surface area contributed by atoms with Crippen LogP contribution in [-0.2, 0) is 19.6 Å². The maximum Gasteiger partial charge on any atom is 0.337 e. The second kappa shape index (κ2) is 9.23. The Labute approximate surface area is 164 Å². The number of nitrogens with zero attached hydrogens (tertiary/aromatic N) is 1. The van der Waals surface area contributed by atoms with Gasteiger partial charge < -0.3 is 14.8 Å². The molecule has 8 nitrogen and oxygen atoms in total. The van der Waals surface area contributed by atoms with Crippen LogP contribution in [0.1, 0.15) is 17.3 Å². The number of benzene rings is 2. The number of ether oxygens (including phenoxy) is 2. The van der Waals surface area contributed by atoms with Crippen LogP contribution in [0.3, 0.4) is 0 Å². The van der Waals surface area contributed by atoms with E-state index in [2.05, 4.69) is 10.1 Å². The Morgan fingerprint density at radius 1 is 1.11 bits per heavy atom. The van der Waals surface area contributed by atoms with E-state index < -0.39 is 28.4 Å². The molecule has 0 saturated carbocycles. The average Bonchev–Trinajstić information content (AvgIpc) is 2.66. The van der Waals surface area contributed by atoms with E-state index in [1.54, 1.807) is 49.4 Å². The number of para-hydroxylation sites is 2. The molecule has 1 N–H and O–H groups in total. The average molecular weight is 406 g/mol. The van der Waals surface area contributed by atoms with E-state index in [9.17, 15) is 18.0 Å². The molecule has 2 aromatic carbocycles. The van der Waals surface area contributed by atoms with Crippen LogP contribution in [0.4, 0.5) is 11.4 Å². The van der Waals surface area contributed by atoms with E-state index in [0.29, 0.717) is 18.0 Å². The molecule has 9 heteroatoms. The minimum Gasteiger partial charge on any atom is -0.492 e. The number of carbonyl (C=O) groups excluding carboxylic acids is 2. The Kier molecular flexibility index (Phi) is 7.00. The molecule has 1 amide bonds. The maximum atomic E-state index is 12.5. The monoisotopic (exact) mass is 406 g/mol. The molecule has 0 aromatic heterocycles. The van der Waals surface area contributed by atoms with Crippen molar-refractivity contribution >= 4 is 33.3 Å². The van der Waals surface area contributed by atoms with E-state index in [1.165, 1.54) is 13.2 Å². The zero-order chi connectivity index (χ0) is 20.7. The SMILES string of the molecule is CCOc1ccccc1N(CC(=O)Nc1cccc(C(=O)OC)c1)S(C)(=O)=O. The summed E-state index contributed by atoms with van der Waals surface area (Å²) < 4.78 is 35.7. The van der Waals surface area contributed by atoms with Crippen LogP contribution in [0, 0.1) is 0 Å². The minimum absolute atomic E-state index is 0.266. The number of nitrogens with one attached hydrogen (secondary N) is 1. The van der Waals surface area contributed by atoms with Gasteiger partial charge in [0.25, 0.3) is 0 Å². The number of hydrogen-bond donors (Lipinski definition) is 1. The van der Waals surface area contributed by atoms with Gasteiger partial charge in [-0.15, -0.1) is 0 Å². The van der Waals surface area contributed by atoms with Crippen LogP contribution in [-0.4, -0.2) is 46.8 Å². The molecule has 0 aliphatic carbocycles. The van der Waals surface area contributed by atoms with Gasteiger partial charge in [0.15, 0.2) is 0 Å². The number of hydrogen-bond acceptors (Lipinski definition) is 6. The third kappa shape index (κ3) is 5.46. The summed E-state index contributed by atoms with van der Waals surface area (Å²) in [6, 6.07) is 12.7. The molecule has 0 radical (unpaired) electrons. The Hall–Kier alpha value is -3.07. The van der Waals surface area contributed by atoms with Crippen LogP contribution < -0.4 is 14.4 Å². The number of sulfonamides is 1. The zero-order valence-corrected chi connectivity index (χ0v) is 16.7. The van der Waals surface area contributed by atoms with Gasteiger partial charge in [0.05, 0.1) is 31.2 Å². The highest BCUT2D eigenvalue weighted by atomic mass is 32.2. The number of amides is 1. The number of carbonyl (C=O) groups is 2. The maximum absolute atomic E-state index is 12.5. The van der Waals surface area contributed by atoms with Gasteiger partial charge in [-0.05, 0) is 37.3 Å². The first-order valence-electron chi connectivity index (χ1n) is 8.44. The molecular weight excluding hydrogens is 384 g/mol. The third-order valence-electron chi connectivity index (χ3n) is 3.69. The van der Waals surface area contributed by atoms with Crippen LogP contribution in [0.15, 0.2) is 48.5 Å². The molecule has 28 heavy (non-hydrogen) atoms. The number of methoxy groups -OCH3 is 1. The highest BCUT2D eigenvalue weighted by Gasteiger charge is 2.24. The van der Waals surface area contributed by atoms with Gasteiger partial charge in [0, 0.05) is 5.69 Å². The molecule has 0 fully saturated rings. The molecule has 0 bridgehead atoms. The molecule has 0 atom stereocenters. The van der Waals surface area contributed by atoms with Crippen LogP contribution in [0.2, 0.25) is 0 Å². The molecule has 0 unspecified atom stereocenters. The number of rotatable bonds is 8. The first-order valence-corrected chi connectivity index (χ1v) is 10.3. The fraction of sp³-hybridized carbons (Fsp3) is 0.263. The van der Waals surface area contributed by atoms with Crippen molar-refractivity contribution in [2.24, 2.45) is 0 Å². The van der Waals surface area contributed by atoms with E-state index in [4.69, 9.17) is 4.74 Å². The molecule has 2 rings (SSSR count). The molecule has 0 aliphatic rings. The van der Waals surface area contributed by atoms with E-state index in [1.807, 2.05) is 0 Å². The summed E-state index contributed by atoms with van der Waals surface area (Å²) in [5, 5.41) is 2.59. The Balaban J connectivity index is 2.25. The fourth-order valence-electron chi connectivity index (χ4n) is 2.49. The first-order chi connectivity index (χ1) is 13.3. The topological polar surface area (TPSA) is 102 Å². The Bertz CT molecular complexity index is 958. The first kappa shape index (κ1) is 21.2. The van der Waals surface area contributed by atoms with Gasteiger partial charge >= 0.3 is 5.97 Å². The quantitative estimate of drug-likeness (QED) is 0.675. The van der Waals surface area contributed by atoms with Gasteiger partial charge in [-0.3, -0.25) is 9.10 Å². The molecule has 150 valence electrons. The van der Waals surface area contributed by atoms with E-state index in [-0.39, 0.29) is 11.3 Å². The van der Waals surface area contributed by atoms with Crippen molar-refractivity contribution in [3.05, 3.63) is 54.1 Å². The van der Waals surface area contributed by atoms with Crippen molar-refractivity contribution in [2.45, 2.75) is 6.92 Å². The predicted octanol–water partition coefficient (Wildman–Crippen LogP) is 2.28. The van der Waals surface area contributed by atoms with Crippen LogP contribution in [0.5, 0.6) is 5.75 Å². The third-order valence-corrected chi connectivity index (χ3v) is 4.82. The molecule has 0 heterocycles. The van der Waals surface area contributed by atoms with Crippen molar-refractivity contribution < 1.29 is 27.5 Å². The van der Waals surface area contributed by atoms with Gasteiger partial charge in [-0.25, -0.2) is 13.2 Å². The normalized spacial score (nSPS) is 10.8.